The van der Waals surface area contributed by atoms with Crippen LogP contribution in [-0.2, 0) is 16.6 Å². The van der Waals surface area contributed by atoms with Gasteiger partial charge in [0.1, 0.15) is 5.60 Å². The molecule has 0 bridgehead atoms. The number of benzene rings is 1. The first-order valence-corrected chi connectivity index (χ1v) is 11.3. The molecule has 33 heavy (non-hydrogen) atoms. The lowest BCUT2D eigenvalue weighted by molar-refractivity contribution is -0.120. The van der Waals surface area contributed by atoms with Crippen LogP contribution in [0.5, 0.6) is 0 Å². The van der Waals surface area contributed by atoms with Gasteiger partial charge in [0.05, 0.1) is 5.52 Å². The van der Waals surface area contributed by atoms with Crippen LogP contribution in [-0.4, -0.2) is 71.0 Å². The third kappa shape index (κ3) is 4.74. The summed E-state index contributed by atoms with van der Waals surface area (Å²) in [6.07, 6.45) is 1.71. The Morgan fingerprint density at radius 3 is 2.52 bits per heavy atom. The highest BCUT2D eigenvalue weighted by atomic mass is 16.6. The van der Waals surface area contributed by atoms with Crippen molar-refractivity contribution in [3.63, 3.8) is 0 Å². The molecule has 3 heterocycles. The standard InChI is InChI=1S/C23H32N6O4/c1-23(2,3)33-22(32)28-11-8-15(9-12-28)26(4)16-6-7-17-18(14-16)27(5)25-20(17)29-13-10-19(30)24-21(29)31/h6-7,14-15H,8-13H2,1-5H3,(H,24,30,31). The monoisotopic (exact) mass is 456 g/mol. The second-order valence-corrected chi connectivity index (χ2v) is 9.71. The molecule has 1 aromatic heterocycles. The Balaban J connectivity index is 1.47. The Labute approximate surface area is 193 Å². The number of fused-ring (bicyclic) bond motifs is 1. The Bertz CT molecular complexity index is 1080. The van der Waals surface area contributed by atoms with E-state index in [4.69, 9.17) is 4.74 Å². The molecule has 2 saturated heterocycles. The van der Waals surface area contributed by atoms with Gasteiger partial charge in [-0.25, -0.2) is 9.59 Å². The summed E-state index contributed by atoms with van der Waals surface area (Å²) in [7, 11) is 3.91. The molecule has 10 nitrogen and oxygen atoms in total. The molecule has 0 atom stereocenters. The molecule has 2 fully saturated rings. The van der Waals surface area contributed by atoms with Crippen LogP contribution in [0.15, 0.2) is 18.2 Å². The molecule has 4 rings (SSSR count). The van der Waals surface area contributed by atoms with Crippen LogP contribution in [0.1, 0.15) is 40.0 Å². The highest BCUT2D eigenvalue weighted by molar-refractivity contribution is 6.09. The van der Waals surface area contributed by atoms with E-state index >= 15 is 0 Å². The number of piperidine rings is 1. The maximum atomic E-state index is 12.3. The topological polar surface area (TPSA) is 100 Å². The minimum Gasteiger partial charge on any atom is -0.444 e. The van der Waals surface area contributed by atoms with Crippen LogP contribution >= 0.6 is 0 Å². The summed E-state index contributed by atoms with van der Waals surface area (Å²) < 4.78 is 7.26. The van der Waals surface area contributed by atoms with Gasteiger partial charge in [0.15, 0.2) is 5.82 Å². The first-order valence-electron chi connectivity index (χ1n) is 11.3. The first-order chi connectivity index (χ1) is 15.5. The maximum Gasteiger partial charge on any atom is 0.410 e. The summed E-state index contributed by atoms with van der Waals surface area (Å²) in [6.45, 7) is 7.26. The van der Waals surface area contributed by atoms with Crippen molar-refractivity contribution >= 4 is 40.4 Å². The number of hydrogen-bond acceptors (Lipinski definition) is 6. The molecule has 178 valence electrons. The van der Waals surface area contributed by atoms with E-state index < -0.39 is 11.6 Å². The van der Waals surface area contributed by atoms with Crippen molar-refractivity contribution in [2.75, 3.05) is 36.5 Å². The number of likely N-dealkylation sites (tertiary alicyclic amines) is 1. The predicted molar refractivity (Wildman–Crippen MR) is 125 cm³/mol. The van der Waals surface area contributed by atoms with Gasteiger partial charge in [-0.2, -0.15) is 5.10 Å². The van der Waals surface area contributed by atoms with Gasteiger partial charge >= 0.3 is 12.1 Å². The van der Waals surface area contributed by atoms with E-state index in [1.54, 1.807) is 9.58 Å². The summed E-state index contributed by atoms with van der Waals surface area (Å²) >= 11 is 0. The smallest absolute Gasteiger partial charge is 0.410 e. The van der Waals surface area contributed by atoms with Crippen molar-refractivity contribution in [3.8, 4) is 0 Å². The van der Waals surface area contributed by atoms with Crippen LogP contribution in [0.25, 0.3) is 10.9 Å². The van der Waals surface area contributed by atoms with E-state index in [1.165, 1.54) is 4.90 Å². The molecule has 1 aromatic carbocycles. The number of ether oxygens (including phenoxy) is 1. The SMILES string of the molecule is CN(c1ccc2c(N3CCC(=O)NC3=O)nn(C)c2c1)C1CCN(C(=O)OC(C)(C)C)CC1. The summed E-state index contributed by atoms with van der Waals surface area (Å²) in [6, 6.07) is 5.93. The minimum absolute atomic E-state index is 0.254. The van der Waals surface area contributed by atoms with Crippen LogP contribution in [0, 0.1) is 0 Å². The lowest BCUT2D eigenvalue weighted by atomic mass is 10.0. The maximum absolute atomic E-state index is 12.3. The zero-order valence-electron chi connectivity index (χ0n) is 19.9. The van der Waals surface area contributed by atoms with Crippen molar-refractivity contribution in [1.82, 2.24) is 20.0 Å². The number of aromatic nitrogens is 2. The molecule has 10 heteroatoms. The molecule has 0 aliphatic carbocycles. The van der Waals surface area contributed by atoms with Crippen LogP contribution in [0.4, 0.5) is 21.1 Å². The second kappa shape index (κ2) is 8.57. The Hall–Kier alpha value is -3.30. The highest BCUT2D eigenvalue weighted by Gasteiger charge is 2.30. The molecule has 0 saturated carbocycles. The van der Waals surface area contributed by atoms with Gasteiger partial charge in [-0.3, -0.25) is 19.7 Å². The number of aryl methyl sites for hydroxylation is 1. The van der Waals surface area contributed by atoms with Crippen molar-refractivity contribution in [1.29, 1.82) is 0 Å². The molecule has 4 amide bonds. The minimum atomic E-state index is -0.494. The van der Waals surface area contributed by atoms with Crippen molar-refractivity contribution in [2.45, 2.75) is 51.7 Å². The average Bonchev–Trinajstić information content (AvgIpc) is 3.08. The fourth-order valence-corrected chi connectivity index (χ4v) is 4.38. The number of nitrogens with zero attached hydrogens (tertiary/aromatic N) is 5. The van der Waals surface area contributed by atoms with E-state index in [9.17, 15) is 14.4 Å². The van der Waals surface area contributed by atoms with Crippen molar-refractivity contribution < 1.29 is 19.1 Å². The summed E-state index contributed by atoms with van der Waals surface area (Å²) in [4.78, 5) is 41.7. The number of imide groups is 1. The van der Waals surface area contributed by atoms with Crippen LogP contribution in [0.2, 0.25) is 0 Å². The third-order valence-electron chi connectivity index (χ3n) is 6.20. The Morgan fingerprint density at radius 1 is 1.18 bits per heavy atom. The van der Waals surface area contributed by atoms with Crippen molar-refractivity contribution in [2.24, 2.45) is 7.05 Å². The average molecular weight is 457 g/mol. The Kier molecular flexibility index (Phi) is 5.94. The van der Waals surface area contributed by atoms with Gasteiger partial charge in [-0.1, -0.05) is 0 Å². The lowest BCUT2D eigenvalue weighted by Gasteiger charge is -2.38. The van der Waals surface area contributed by atoms with E-state index in [2.05, 4.69) is 28.4 Å². The van der Waals surface area contributed by atoms with Gasteiger partial charge in [0, 0.05) is 57.3 Å². The largest absolute Gasteiger partial charge is 0.444 e. The third-order valence-corrected chi connectivity index (χ3v) is 6.20. The first kappa shape index (κ1) is 22.9. The number of carbonyl (C=O) groups is 3. The summed E-state index contributed by atoms with van der Waals surface area (Å²) in [5.74, 6) is 0.287. The fourth-order valence-electron chi connectivity index (χ4n) is 4.38. The summed E-state index contributed by atoms with van der Waals surface area (Å²) in [5, 5.41) is 7.77. The highest BCUT2D eigenvalue weighted by Crippen LogP contribution is 2.31. The number of rotatable bonds is 3. The van der Waals surface area contributed by atoms with Crippen LogP contribution < -0.4 is 15.1 Å². The molecule has 2 aliphatic rings. The van der Waals surface area contributed by atoms with Crippen molar-refractivity contribution in [3.05, 3.63) is 18.2 Å². The second-order valence-electron chi connectivity index (χ2n) is 9.71. The summed E-state index contributed by atoms with van der Waals surface area (Å²) in [5.41, 5.74) is 1.46. The molecule has 0 spiro atoms. The molecule has 2 aromatic rings. The predicted octanol–water partition coefficient (Wildman–Crippen LogP) is 2.86. The number of anilines is 2. The normalized spacial score (nSPS) is 18.0. The van der Waals surface area contributed by atoms with E-state index in [1.807, 2.05) is 40.0 Å². The zero-order valence-corrected chi connectivity index (χ0v) is 19.9. The molecule has 0 unspecified atom stereocenters. The number of nitrogens with one attached hydrogen (secondary N) is 1. The molecule has 1 N–H and O–H groups in total. The lowest BCUT2D eigenvalue weighted by Crippen LogP contribution is -2.49. The molecule has 2 aliphatic heterocycles. The number of hydrogen-bond donors (Lipinski definition) is 1. The fraction of sp³-hybridized carbons (Fsp3) is 0.565. The van der Waals surface area contributed by atoms with E-state index in [0.717, 1.165) is 29.4 Å². The van der Waals surface area contributed by atoms with Gasteiger partial charge in [-0.15, -0.1) is 0 Å². The number of carbonyl (C=O) groups excluding carboxylic acids is 3. The molecular weight excluding hydrogens is 424 g/mol. The van der Waals surface area contributed by atoms with Crippen LogP contribution in [0.3, 0.4) is 0 Å². The van der Waals surface area contributed by atoms with E-state index in [-0.39, 0.29) is 18.4 Å². The zero-order chi connectivity index (χ0) is 23.9. The number of urea groups is 1. The molecular formula is C23H32N6O4. The quantitative estimate of drug-likeness (QED) is 0.762. The number of amides is 4. The molecule has 0 radical (unpaired) electrons. The Morgan fingerprint density at radius 2 is 1.88 bits per heavy atom. The van der Waals surface area contributed by atoms with Gasteiger partial charge in [0.25, 0.3) is 0 Å². The van der Waals surface area contributed by atoms with Gasteiger partial charge in [-0.05, 0) is 51.8 Å². The van der Waals surface area contributed by atoms with E-state index in [0.29, 0.717) is 31.5 Å². The van der Waals surface area contributed by atoms with Gasteiger partial charge < -0.3 is 14.5 Å². The van der Waals surface area contributed by atoms with Gasteiger partial charge in [0.2, 0.25) is 5.91 Å².